The molecular weight excluding hydrogens is 292 g/mol. The summed E-state index contributed by atoms with van der Waals surface area (Å²) in [6, 6.07) is 16.2. The van der Waals surface area contributed by atoms with Gasteiger partial charge in [-0.3, -0.25) is 4.57 Å². The molecule has 2 aromatic carbocycles. The van der Waals surface area contributed by atoms with Crippen LogP contribution < -0.4 is 5.69 Å². The summed E-state index contributed by atoms with van der Waals surface area (Å²) in [6.07, 6.45) is 1.51. The first-order valence-electron chi connectivity index (χ1n) is 7.19. The first kappa shape index (κ1) is 13.4. The molecule has 0 aliphatic heterocycles. The zero-order chi connectivity index (χ0) is 16.0. The van der Waals surface area contributed by atoms with Crippen molar-refractivity contribution in [1.29, 1.82) is 0 Å². The number of nitrogens with zero attached hydrogens (tertiary/aromatic N) is 4. The molecule has 4 aromatic rings. The van der Waals surface area contributed by atoms with E-state index in [1.165, 1.54) is 10.7 Å². The van der Waals surface area contributed by atoms with E-state index in [-0.39, 0.29) is 11.4 Å². The van der Waals surface area contributed by atoms with E-state index in [9.17, 15) is 9.90 Å². The minimum absolute atomic E-state index is 0.159. The fourth-order valence-electron chi connectivity index (χ4n) is 2.80. The van der Waals surface area contributed by atoms with Gasteiger partial charge in [0.25, 0.3) is 0 Å². The first-order chi connectivity index (χ1) is 11.2. The molecule has 0 fully saturated rings. The number of benzene rings is 2. The van der Waals surface area contributed by atoms with Crippen LogP contribution in [0.1, 0.15) is 5.69 Å². The molecule has 6 nitrogen and oxygen atoms in total. The van der Waals surface area contributed by atoms with Crippen LogP contribution in [0.5, 0.6) is 5.75 Å². The largest absolute Gasteiger partial charge is 0.508 e. The van der Waals surface area contributed by atoms with E-state index in [0.717, 1.165) is 17.1 Å². The minimum Gasteiger partial charge on any atom is -0.508 e. The van der Waals surface area contributed by atoms with Crippen LogP contribution in [-0.2, 0) is 0 Å². The van der Waals surface area contributed by atoms with Crippen molar-refractivity contribution in [3.63, 3.8) is 0 Å². The maximum Gasteiger partial charge on any atom is 0.340 e. The Labute approximate surface area is 131 Å². The van der Waals surface area contributed by atoms with Crippen molar-refractivity contribution in [1.82, 2.24) is 18.7 Å². The number of fused-ring (bicyclic) bond motifs is 1. The molecule has 2 aromatic heterocycles. The molecule has 0 saturated heterocycles. The van der Waals surface area contributed by atoms with Crippen LogP contribution in [0.4, 0.5) is 0 Å². The zero-order valence-electron chi connectivity index (χ0n) is 12.4. The SMILES string of the molecule is Cc1c2n(-c3ccc(O)cc3)ncn2c(=O)n1-c1ccccc1. The second kappa shape index (κ2) is 4.88. The highest BCUT2D eigenvalue weighted by Crippen LogP contribution is 2.19. The summed E-state index contributed by atoms with van der Waals surface area (Å²) in [7, 11) is 0. The van der Waals surface area contributed by atoms with Crippen LogP contribution in [0, 0.1) is 6.92 Å². The van der Waals surface area contributed by atoms with Crippen LogP contribution in [0.25, 0.3) is 17.0 Å². The molecule has 23 heavy (non-hydrogen) atoms. The van der Waals surface area contributed by atoms with Crippen molar-refractivity contribution in [2.45, 2.75) is 6.92 Å². The lowest BCUT2D eigenvalue weighted by Crippen LogP contribution is -2.18. The van der Waals surface area contributed by atoms with E-state index in [4.69, 9.17) is 0 Å². The van der Waals surface area contributed by atoms with E-state index in [1.807, 2.05) is 37.3 Å². The van der Waals surface area contributed by atoms with Crippen molar-refractivity contribution in [2.24, 2.45) is 0 Å². The molecular formula is C17H14N4O2. The number of hydrogen-bond acceptors (Lipinski definition) is 3. The number of aromatic hydroxyl groups is 1. The topological polar surface area (TPSA) is 64.5 Å². The first-order valence-corrected chi connectivity index (χ1v) is 7.19. The average molecular weight is 306 g/mol. The predicted molar refractivity (Wildman–Crippen MR) is 86.5 cm³/mol. The molecule has 0 radical (unpaired) electrons. The Bertz CT molecular complexity index is 1040. The van der Waals surface area contributed by atoms with Gasteiger partial charge in [-0.2, -0.15) is 5.10 Å². The normalized spacial score (nSPS) is 11.2. The van der Waals surface area contributed by atoms with E-state index in [1.54, 1.807) is 33.5 Å². The Hall–Kier alpha value is -3.28. The minimum atomic E-state index is -0.159. The van der Waals surface area contributed by atoms with Crippen molar-refractivity contribution in [3.8, 4) is 17.1 Å². The standard InChI is InChI=1S/C17H14N4O2/c1-12-16-19(17(23)20(12)13-5-3-2-4-6-13)11-18-21(16)14-7-9-15(22)10-8-14/h2-11,22H,1H3. The van der Waals surface area contributed by atoms with Crippen LogP contribution >= 0.6 is 0 Å². The van der Waals surface area contributed by atoms with Crippen LogP contribution in [0.2, 0.25) is 0 Å². The second-order valence-corrected chi connectivity index (χ2v) is 5.29. The molecule has 2 heterocycles. The third-order valence-electron chi connectivity index (χ3n) is 3.88. The summed E-state index contributed by atoms with van der Waals surface area (Å²) in [5.41, 5.74) is 2.93. The lowest BCUT2D eigenvalue weighted by molar-refractivity contribution is 0.475. The Morgan fingerprint density at radius 1 is 0.957 bits per heavy atom. The monoisotopic (exact) mass is 306 g/mol. The lowest BCUT2D eigenvalue weighted by Gasteiger charge is -2.05. The number of phenols is 1. The average Bonchev–Trinajstić information content (AvgIpc) is 3.10. The number of aromatic nitrogens is 4. The van der Waals surface area contributed by atoms with Crippen LogP contribution in [0.15, 0.2) is 65.7 Å². The zero-order valence-corrected chi connectivity index (χ0v) is 12.4. The van der Waals surface area contributed by atoms with Gasteiger partial charge in [0, 0.05) is 0 Å². The van der Waals surface area contributed by atoms with Gasteiger partial charge in [0.15, 0.2) is 5.65 Å². The summed E-state index contributed by atoms with van der Waals surface area (Å²) >= 11 is 0. The quantitative estimate of drug-likeness (QED) is 0.618. The Kier molecular flexibility index (Phi) is 2.84. The van der Waals surface area contributed by atoms with Gasteiger partial charge >= 0.3 is 5.69 Å². The summed E-state index contributed by atoms with van der Waals surface area (Å²) in [5.74, 6) is 0.188. The smallest absolute Gasteiger partial charge is 0.340 e. The molecule has 0 aliphatic rings. The summed E-state index contributed by atoms with van der Waals surface area (Å²) in [4.78, 5) is 12.7. The van der Waals surface area contributed by atoms with Gasteiger partial charge in [-0.05, 0) is 43.3 Å². The van der Waals surface area contributed by atoms with Gasteiger partial charge in [0.2, 0.25) is 0 Å². The highest BCUT2D eigenvalue weighted by molar-refractivity contribution is 5.54. The van der Waals surface area contributed by atoms with Crippen molar-refractivity contribution in [2.75, 3.05) is 0 Å². The highest BCUT2D eigenvalue weighted by Gasteiger charge is 2.17. The van der Waals surface area contributed by atoms with Crippen molar-refractivity contribution < 1.29 is 5.11 Å². The molecule has 4 rings (SSSR count). The van der Waals surface area contributed by atoms with Crippen molar-refractivity contribution in [3.05, 3.63) is 77.1 Å². The van der Waals surface area contributed by atoms with Gasteiger partial charge in [0.1, 0.15) is 12.1 Å². The number of rotatable bonds is 2. The van der Waals surface area contributed by atoms with Gasteiger partial charge in [0.05, 0.1) is 17.1 Å². The molecule has 0 bridgehead atoms. The summed E-state index contributed by atoms with van der Waals surface area (Å²) in [5, 5.41) is 13.7. The summed E-state index contributed by atoms with van der Waals surface area (Å²) < 4.78 is 4.87. The van der Waals surface area contributed by atoms with Crippen LogP contribution in [0.3, 0.4) is 0 Å². The lowest BCUT2D eigenvalue weighted by atomic mass is 10.3. The summed E-state index contributed by atoms with van der Waals surface area (Å²) in [6.45, 7) is 1.89. The van der Waals surface area contributed by atoms with Gasteiger partial charge in [-0.25, -0.2) is 13.9 Å². The number of hydrogen-bond donors (Lipinski definition) is 1. The molecule has 0 saturated carbocycles. The fraction of sp³-hybridized carbons (Fsp3) is 0.0588. The molecule has 0 atom stereocenters. The molecule has 1 N–H and O–H groups in total. The molecule has 114 valence electrons. The van der Waals surface area contributed by atoms with E-state index in [2.05, 4.69) is 5.10 Å². The Morgan fingerprint density at radius 2 is 1.65 bits per heavy atom. The van der Waals surface area contributed by atoms with E-state index >= 15 is 0 Å². The maximum absolute atomic E-state index is 12.7. The highest BCUT2D eigenvalue weighted by atomic mass is 16.3. The number of aryl methyl sites for hydroxylation is 1. The molecule has 6 heteroatoms. The fourth-order valence-corrected chi connectivity index (χ4v) is 2.80. The maximum atomic E-state index is 12.7. The Morgan fingerprint density at radius 3 is 2.35 bits per heavy atom. The Balaban J connectivity index is 2.00. The molecule has 0 aliphatic carbocycles. The number of imidazole rings is 1. The van der Waals surface area contributed by atoms with Gasteiger partial charge in [-0.15, -0.1) is 0 Å². The molecule has 0 unspecified atom stereocenters. The van der Waals surface area contributed by atoms with E-state index < -0.39 is 0 Å². The third-order valence-corrected chi connectivity index (χ3v) is 3.88. The number of para-hydroxylation sites is 1. The van der Waals surface area contributed by atoms with E-state index in [0.29, 0.717) is 5.65 Å². The van der Waals surface area contributed by atoms with Crippen LogP contribution in [-0.4, -0.2) is 23.9 Å². The molecule has 0 amide bonds. The third kappa shape index (κ3) is 1.96. The van der Waals surface area contributed by atoms with Gasteiger partial charge < -0.3 is 5.11 Å². The van der Waals surface area contributed by atoms with Crippen molar-refractivity contribution >= 4 is 5.65 Å². The second-order valence-electron chi connectivity index (χ2n) is 5.29. The van der Waals surface area contributed by atoms with Gasteiger partial charge in [-0.1, -0.05) is 18.2 Å². The molecule has 0 spiro atoms. The number of phenolic OH excluding ortho intramolecular Hbond substituents is 1. The predicted octanol–water partition coefficient (Wildman–Crippen LogP) is 2.29.